The normalized spacial score (nSPS) is 18.7. The number of carbonyl (C=O) groups is 2. The highest BCUT2D eigenvalue weighted by Gasteiger charge is 2.32. The average Bonchev–Trinajstić information content (AvgIpc) is 2.75. The van der Waals surface area contributed by atoms with Crippen LogP contribution in [0.2, 0.25) is 0 Å². The van der Waals surface area contributed by atoms with Crippen molar-refractivity contribution < 1.29 is 27.8 Å². The van der Waals surface area contributed by atoms with Crippen LogP contribution in [0.3, 0.4) is 0 Å². The van der Waals surface area contributed by atoms with Crippen molar-refractivity contribution >= 4 is 17.5 Å². The van der Waals surface area contributed by atoms with Crippen molar-refractivity contribution in [3.63, 3.8) is 0 Å². The number of piperazine rings is 1. The van der Waals surface area contributed by atoms with Gasteiger partial charge in [0.25, 0.3) is 5.91 Å². The number of ether oxygens (including phenoxy) is 2. The lowest BCUT2D eigenvalue weighted by atomic mass is 10.2. The molecule has 0 spiro atoms. The van der Waals surface area contributed by atoms with Gasteiger partial charge in [-0.1, -0.05) is 12.1 Å². The average molecular weight is 417 g/mol. The van der Waals surface area contributed by atoms with Crippen molar-refractivity contribution in [1.82, 2.24) is 9.80 Å². The minimum atomic E-state index is -0.824. The quantitative estimate of drug-likeness (QED) is 0.823. The van der Waals surface area contributed by atoms with Gasteiger partial charge in [0.1, 0.15) is 18.2 Å². The lowest BCUT2D eigenvalue weighted by Crippen LogP contribution is -2.54. The van der Waals surface area contributed by atoms with Crippen LogP contribution >= 0.6 is 0 Å². The molecule has 2 amide bonds. The highest BCUT2D eigenvalue weighted by molar-refractivity contribution is 5.92. The maximum atomic E-state index is 13.7. The highest BCUT2D eigenvalue weighted by atomic mass is 19.1. The number of amides is 2. The Bertz CT molecular complexity index is 948. The molecule has 30 heavy (non-hydrogen) atoms. The van der Waals surface area contributed by atoms with E-state index in [0.717, 1.165) is 12.1 Å². The predicted molar refractivity (Wildman–Crippen MR) is 104 cm³/mol. The van der Waals surface area contributed by atoms with Gasteiger partial charge in [0.15, 0.2) is 11.5 Å². The molecule has 158 valence electrons. The molecule has 1 N–H and O–H groups in total. The van der Waals surface area contributed by atoms with Crippen LogP contribution in [-0.2, 0) is 9.59 Å². The first-order valence-electron chi connectivity index (χ1n) is 9.64. The van der Waals surface area contributed by atoms with Crippen LogP contribution in [-0.4, -0.2) is 67.0 Å². The van der Waals surface area contributed by atoms with Gasteiger partial charge >= 0.3 is 0 Å². The molecule has 0 bridgehead atoms. The lowest BCUT2D eigenvalue weighted by molar-refractivity contribution is -0.143. The first-order chi connectivity index (χ1) is 14.5. The molecule has 7 nitrogen and oxygen atoms in total. The molecule has 2 aromatic carbocycles. The van der Waals surface area contributed by atoms with E-state index >= 15 is 0 Å². The summed E-state index contributed by atoms with van der Waals surface area (Å²) in [6, 6.07) is 10.2. The summed E-state index contributed by atoms with van der Waals surface area (Å²) in [6.45, 7) is 2.08. The number of fused-ring (bicyclic) bond motifs is 1. The molecule has 1 saturated heterocycles. The SMILES string of the molecule is O=C(CN1CCN(C(=O)[C@H]2COc3ccccc3O2)CC1)Nc1ccc(F)cc1F. The molecule has 2 aliphatic rings. The number of rotatable bonds is 4. The fraction of sp³-hybridized carbons (Fsp3) is 0.333. The summed E-state index contributed by atoms with van der Waals surface area (Å²) in [5.41, 5.74) is -0.0649. The Kier molecular flexibility index (Phi) is 5.80. The van der Waals surface area contributed by atoms with Crippen LogP contribution < -0.4 is 14.8 Å². The van der Waals surface area contributed by atoms with E-state index in [9.17, 15) is 18.4 Å². The molecule has 0 aromatic heterocycles. The second kappa shape index (κ2) is 8.66. The van der Waals surface area contributed by atoms with Gasteiger partial charge in [0, 0.05) is 32.2 Å². The van der Waals surface area contributed by atoms with Gasteiger partial charge in [-0.15, -0.1) is 0 Å². The number of hydrogen-bond donors (Lipinski definition) is 1. The number of anilines is 1. The van der Waals surface area contributed by atoms with Gasteiger partial charge in [0.05, 0.1) is 12.2 Å². The van der Waals surface area contributed by atoms with E-state index in [1.54, 1.807) is 17.0 Å². The fourth-order valence-corrected chi connectivity index (χ4v) is 3.45. The van der Waals surface area contributed by atoms with Crippen LogP contribution in [0.15, 0.2) is 42.5 Å². The molecule has 1 fully saturated rings. The summed E-state index contributed by atoms with van der Waals surface area (Å²) in [7, 11) is 0. The maximum Gasteiger partial charge on any atom is 0.267 e. The Morgan fingerprint density at radius 2 is 1.77 bits per heavy atom. The molecule has 0 saturated carbocycles. The topological polar surface area (TPSA) is 71.1 Å². The summed E-state index contributed by atoms with van der Waals surface area (Å²) in [4.78, 5) is 28.5. The number of carbonyl (C=O) groups excluding carboxylic acids is 2. The zero-order valence-corrected chi connectivity index (χ0v) is 16.1. The summed E-state index contributed by atoms with van der Waals surface area (Å²) in [6.07, 6.45) is -0.698. The predicted octanol–water partition coefficient (Wildman–Crippen LogP) is 1.89. The number of nitrogens with one attached hydrogen (secondary N) is 1. The number of hydrogen-bond acceptors (Lipinski definition) is 5. The van der Waals surface area contributed by atoms with Gasteiger partial charge < -0.3 is 19.7 Å². The van der Waals surface area contributed by atoms with Crippen LogP contribution in [0.4, 0.5) is 14.5 Å². The zero-order valence-electron chi connectivity index (χ0n) is 16.1. The van der Waals surface area contributed by atoms with Crippen molar-refractivity contribution in [3.8, 4) is 11.5 Å². The molecular weight excluding hydrogens is 396 g/mol. The lowest BCUT2D eigenvalue weighted by Gasteiger charge is -2.36. The summed E-state index contributed by atoms with van der Waals surface area (Å²) >= 11 is 0. The summed E-state index contributed by atoms with van der Waals surface area (Å²) in [5, 5.41) is 2.44. The fourth-order valence-electron chi connectivity index (χ4n) is 3.45. The Morgan fingerprint density at radius 3 is 2.50 bits per heavy atom. The van der Waals surface area contributed by atoms with Crippen molar-refractivity contribution in [2.45, 2.75) is 6.10 Å². The van der Waals surface area contributed by atoms with E-state index in [1.165, 1.54) is 6.07 Å². The molecule has 0 aliphatic carbocycles. The molecule has 4 rings (SSSR count). The van der Waals surface area contributed by atoms with Crippen molar-refractivity contribution in [2.24, 2.45) is 0 Å². The number of halogens is 2. The zero-order chi connectivity index (χ0) is 21.1. The van der Waals surface area contributed by atoms with Gasteiger partial charge in [0.2, 0.25) is 12.0 Å². The first kappa shape index (κ1) is 20.1. The van der Waals surface area contributed by atoms with Crippen molar-refractivity contribution in [3.05, 3.63) is 54.1 Å². The Balaban J connectivity index is 1.25. The molecule has 2 aliphatic heterocycles. The highest BCUT2D eigenvalue weighted by Crippen LogP contribution is 2.31. The third-order valence-electron chi connectivity index (χ3n) is 5.04. The van der Waals surface area contributed by atoms with Crippen LogP contribution in [0, 0.1) is 11.6 Å². The Morgan fingerprint density at radius 1 is 1.03 bits per heavy atom. The molecule has 1 atom stereocenters. The molecule has 0 radical (unpaired) electrons. The van der Waals surface area contributed by atoms with Gasteiger partial charge in [-0.05, 0) is 24.3 Å². The van der Waals surface area contributed by atoms with E-state index in [2.05, 4.69) is 5.32 Å². The van der Waals surface area contributed by atoms with Gasteiger partial charge in [-0.25, -0.2) is 8.78 Å². The Labute approximate surface area is 172 Å². The van der Waals surface area contributed by atoms with E-state index in [0.29, 0.717) is 37.7 Å². The van der Waals surface area contributed by atoms with E-state index < -0.39 is 23.6 Å². The smallest absolute Gasteiger partial charge is 0.267 e. The molecule has 0 unspecified atom stereocenters. The minimum absolute atomic E-state index is 0.0509. The number of nitrogens with zero attached hydrogens (tertiary/aromatic N) is 2. The largest absolute Gasteiger partial charge is 0.485 e. The van der Waals surface area contributed by atoms with E-state index in [4.69, 9.17) is 9.47 Å². The van der Waals surface area contributed by atoms with Gasteiger partial charge in [-0.2, -0.15) is 0 Å². The molecule has 2 heterocycles. The monoisotopic (exact) mass is 417 g/mol. The maximum absolute atomic E-state index is 13.7. The van der Waals surface area contributed by atoms with Crippen LogP contribution in [0.5, 0.6) is 11.5 Å². The minimum Gasteiger partial charge on any atom is -0.485 e. The summed E-state index contributed by atoms with van der Waals surface area (Å²) < 4.78 is 38.0. The number of benzene rings is 2. The third-order valence-corrected chi connectivity index (χ3v) is 5.04. The van der Waals surface area contributed by atoms with Crippen LogP contribution in [0.25, 0.3) is 0 Å². The molecule has 2 aromatic rings. The summed E-state index contributed by atoms with van der Waals surface area (Å²) in [5.74, 6) is -0.916. The standard InChI is InChI=1S/C21H21F2N3O4/c22-14-5-6-16(15(23)11-14)24-20(27)12-25-7-9-26(10-8-25)21(28)19-13-29-17-3-1-2-4-18(17)30-19/h1-6,11,19H,7-10,12-13H2,(H,24,27)/t19-/m1/s1. The van der Waals surface area contributed by atoms with E-state index in [-0.39, 0.29) is 24.7 Å². The van der Waals surface area contributed by atoms with Crippen LogP contribution in [0.1, 0.15) is 0 Å². The Hall–Kier alpha value is -3.20. The second-order valence-electron chi connectivity index (χ2n) is 7.14. The van der Waals surface area contributed by atoms with Crippen molar-refractivity contribution in [1.29, 1.82) is 0 Å². The second-order valence-corrected chi connectivity index (χ2v) is 7.14. The molecule has 9 heteroatoms. The number of para-hydroxylation sites is 2. The first-order valence-corrected chi connectivity index (χ1v) is 9.64. The van der Waals surface area contributed by atoms with E-state index in [1.807, 2.05) is 17.0 Å². The van der Waals surface area contributed by atoms with Crippen molar-refractivity contribution in [2.75, 3.05) is 44.6 Å². The van der Waals surface area contributed by atoms with Gasteiger partial charge in [-0.3, -0.25) is 14.5 Å². The third kappa shape index (κ3) is 4.51. The molecular formula is C21H21F2N3O4.